The van der Waals surface area contributed by atoms with E-state index in [2.05, 4.69) is 31.2 Å². The predicted molar refractivity (Wildman–Crippen MR) is 70.2 cm³/mol. The zero-order chi connectivity index (χ0) is 13.0. The molecule has 0 atom stereocenters. The zero-order valence-corrected chi connectivity index (χ0v) is 10.8. The molecular weight excluding hydrogens is 300 g/mol. The summed E-state index contributed by atoms with van der Waals surface area (Å²) >= 11 is 3.29. The molecule has 1 N–H and O–H groups in total. The monoisotopic (exact) mass is 308 g/mol. The highest BCUT2D eigenvalue weighted by atomic mass is 79.9. The van der Waals surface area contributed by atoms with Gasteiger partial charge in [0.05, 0.1) is 23.4 Å². The minimum absolute atomic E-state index is 0.0481. The van der Waals surface area contributed by atoms with Gasteiger partial charge < -0.3 is 5.32 Å². The fourth-order valence-corrected chi connectivity index (χ4v) is 1.87. The third kappa shape index (κ3) is 3.01. The van der Waals surface area contributed by atoms with E-state index in [0.29, 0.717) is 11.0 Å². The Balaban J connectivity index is 2.08. The fourth-order valence-electron chi connectivity index (χ4n) is 1.37. The molecule has 0 bridgehead atoms. The molecule has 7 heteroatoms. The van der Waals surface area contributed by atoms with Gasteiger partial charge in [0.2, 0.25) is 0 Å². The third-order valence-electron chi connectivity index (χ3n) is 2.24. The molecule has 0 aliphatic carbocycles. The third-order valence-corrected chi connectivity index (χ3v) is 2.90. The molecule has 0 amide bonds. The van der Waals surface area contributed by atoms with Crippen molar-refractivity contribution in [1.29, 1.82) is 0 Å². The second-order valence-corrected chi connectivity index (χ2v) is 4.33. The number of hydrogen-bond acceptors (Lipinski definition) is 5. The lowest BCUT2D eigenvalue weighted by atomic mass is 10.3. The number of hydrogen-bond donors (Lipinski definition) is 1. The van der Waals surface area contributed by atoms with Gasteiger partial charge in [-0.2, -0.15) is 0 Å². The van der Waals surface area contributed by atoms with E-state index in [-0.39, 0.29) is 5.69 Å². The molecule has 0 aliphatic rings. The van der Waals surface area contributed by atoms with Crippen molar-refractivity contribution >= 4 is 27.3 Å². The highest BCUT2D eigenvalue weighted by Crippen LogP contribution is 2.27. The van der Waals surface area contributed by atoms with Crippen molar-refractivity contribution in [1.82, 2.24) is 9.97 Å². The lowest BCUT2D eigenvalue weighted by molar-refractivity contribution is -0.384. The van der Waals surface area contributed by atoms with Crippen LogP contribution < -0.4 is 5.32 Å². The van der Waals surface area contributed by atoms with E-state index >= 15 is 0 Å². The topological polar surface area (TPSA) is 81.0 Å². The van der Waals surface area contributed by atoms with Crippen LogP contribution in [0.25, 0.3) is 0 Å². The molecule has 0 unspecified atom stereocenters. The number of anilines is 1. The number of nitrogens with one attached hydrogen (secondary N) is 1. The Labute approximate surface area is 111 Å². The molecule has 1 aromatic carbocycles. The number of halogens is 1. The summed E-state index contributed by atoms with van der Waals surface area (Å²) in [5, 5.41) is 13.7. The van der Waals surface area contributed by atoms with Crippen molar-refractivity contribution in [3.05, 3.63) is 57.1 Å². The second-order valence-electron chi connectivity index (χ2n) is 3.47. The maximum Gasteiger partial charge on any atom is 0.270 e. The standard InChI is InChI=1S/C11H9BrN4O2/c12-10-5-9(16(17)18)1-2-11(10)15-7-8-6-13-3-4-14-8/h1-6,15H,7H2. The largest absolute Gasteiger partial charge is 0.378 e. The maximum atomic E-state index is 10.6. The van der Waals surface area contributed by atoms with E-state index < -0.39 is 4.92 Å². The molecule has 0 aliphatic heterocycles. The molecule has 0 spiro atoms. The van der Waals surface area contributed by atoms with Crippen LogP contribution in [0.5, 0.6) is 0 Å². The number of aromatic nitrogens is 2. The quantitative estimate of drug-likeness (QED) is 0.694. The first-order chi connectivity index (χ1) is 8.66. The molecule has 1 heterocycles. The average molecular weight is 309 g/mol. The number of rotatable bonds is 4. The zero-order valence-electron chi connectivity index (χ0n) is 9.21. The lowest BCUT2D eigenvalue weighted by Gasteiger charge is -2.07. The minimum Gasteiger partial charge on any atom is -0.378 e. The summed E-state index contributed by atoms with van der Waals surface area (Å²) in [5.41, 5.74) is 1.61. The Morgan fingerprint density at radius 2 is 2.22 bits per heavy atom. The molecule has 0 radical (unpaired) electrons. The van der Waals surface area contributed by atoms with Crippen LogP contribution in [0.3, 0.4) is 0 Å². The van der Waals surface area contributed by atoms with Crippen LogP contribution in [0.4, 0.5) is 11.4 Å². The van der Waals surface area contributed by atoms with Crippen molar-refractivity contribution in [3.63, 3.8) is 0 Å². The Morgan fingerprint density at radius 3 is 2.83 bits per heavy atom. The number of nitrogens with zero attached hydrogens (tertiary/aromatic N) is 3. The summed E-state index contributed by atoms with van der Waals surface area (Å²) < 4.78 is 0.639. The predicted octanol–water partition coefficient (Wildman–Crippen LogP) is 2.76. The molecule has 2 rings (SSSR count). The fraction of sp³-hybridized carbons (Fsp3) is 0.0909. The van der Waals surface area contributed by atoms with Gasteiger partial charge in [-0.1, -0.05) is 0 Å². The first-order valence-corrected chi connectivity index (χ1v) is 5.89. The van der Waals surface area contributed by atoms with E-state index in [4.69, 9.17) is 0 Å². The minimum atomic E-state index is -0.433. The van der Waals surface area contributed by atoms with E-state index in [1.807, 2.05) is 0 Å². The van der Waals surface area contributed by atoms with Crippen LogP contribution in [0.2, 0.25) is 0 Å². The highest BCUT2D eigenvalue weighted by molar-refractivity contribution is 9.10. The summed E-state index contributed by atoms with van der Waals surface area (Å²) in [6.45, 7) is 0.504. The molecule has 0 saturated carbocycles. The van der Waals surface area contributed by atoms with Gasteiger partial charge in [0.15, 0.2) is 0 Å². The van der Waals surface area contributed by atoms with Gasteiger partial charge in [0.1, 0.15) is 0 Å². The smallest absolute Gasteiger partial charge is 0.270 e. The van der Waals surface area contributed by atoms with Crippen LogP contribution in [0.15, 0.2) is 41.3 Å². The van der Waals surface area contributed by atoms with Crippen LogP contribution in [-0.2, 0) is 6.54 Å². The van der Waals surface area contributed by atoms with Gasteiger partial charge in [0.25, 0.3) is 5.69 Å². The van der Waals surface area contributed by atoms with Crippen molar-refractivity contribution in [2.24, 2.45) is 0 Å². The van der Waals surface area contributed by atoms with Gasteiger partial charge in [-0.3, -0.25) is 20.1 Å². The van der Waals surface area contributed by atoms with Crippen molar-refractivity contribution in [2.75, 3.05) is 5.32 Å². The van der Waals surface area contributed by atoms with Gasteiger partial charge in [-0.05, 0) is 22.0 Å². The van der Waals surface area contributed by atoms with E-state index in [1.165, 1.54) is 12.1 Å². The molecular formula is C11H9BrN4O2. The first kappa shape index (κ1) is 12.4. The van der Waals surface area contributed by atoms with Crippen LogP contribution >= 0.6 is 15.9 Å². The average Bonchev–Trinajstić information content (AvgIpc) is 2.38. The van der Waals surface area contributed by atoms with E-state index in [1.54, 1.807) is 24.7 Å². The number of nitro groups is 1. The Morgan fingerprint density at radius 1 is 1.39 bits per heavy atom. The van der Waals surface area contributed by atoms with Crippen molar-refractivity contribution in [2.45, 2.75) is 6.54 Å². The first-order valence-electron chi connectivity index (χ1n) is 5.09. The van der Waals surface area contributed by atoms with E-state index in [9.17, 15) is 10.1 Å². The SMILES string of the molecule is O=[N+]([O-])c1ccc(NCc2cnccn2)c(Br)c1. The summed E-state index contributed by atoms with van der Waals surface area (Å²) in [6.07, 6.45) is 4.87. The van der Waals surface area contributed by atoms with Crippen LogP contribution in [-0.4, -0.2) is 14.9 Å². The second kappa shape index (κ2) is 5.54. The Kier molecular flexibility index (Phi) is 3.83. The van der Waals surface area contributed by atoms with E-state index in [0.717, 1.165) is 11.4 Å². The van der Waals surface area contributed by atoms with Crippen molar-refractivity contribution < 1.29 is 4.92 Å². The molecule has 6 nitrogen and oxygen atoms in total. The Hall–Kier alpha value is -2.02. The molecule has 92 valence electrons. The Bertz CT molecular complexity index is 562. The summed E-state index contributed by atoms with van der Waals surface area (Å²) in [4.78, 5) is 18.2. The lowest BCUT2D eigenvalue weighted by Crippen LogP contribution is -2.02. The van der Waals surface area contributed by atoms with Gasteiger partial charge in [0, 0.05) is 34.7 Å². The van der Waals surface area contributed by atoms with Crippen LogP contribution in [0.1, 0.15) is 5.69 Å². The molecule has 2 aromatic rings. The molecule has 0 fully saturated rings. The van der Waals surface area contributed by atoms with Crippen LogP contribution in [0, 0.1) is 10.1 Å². The summed E-state index contributed by atoms with van der Waals surface area (Å²) in [7, 11) is 0. The summed E-state index contributed by atoms with van der Waals surface area (Å²) in [5.74, 6) is 0. The maximum absolute atomic E-state index is 10.6. The normalized spacial score (nSPS) is 10.1. The van der Waals surface area contributed by atoms with Gasteiger partial charge in [-0.15, -0.1) is 0 Å². The van der Waals surface area contributed by atoms with Gasteiger partial charge >= 0.3 is 0 Å². The molecule has 18 heavy (non-hydrogen) atoms. The number of nitro benzene ring substituents is 1. The number of non-ortho nitro benzene ring substituents is 1. The van der Waals surface area contributed by atoms with Crippen molar-refractivity contribution in [3.8, 4) is 0 Å². The molecule has 0 saturated heterocycles. The van der Waals surface area contributed by atoms with Gasteiger partial charge in [-0.25, -0.2) is 0 Å². The summed E-state index contributed by atoms with van der Waals surface area (Å²) in [6, 6.07) is 4.56. The highest BCUT2D eigenvalue weighted by Gasteiger charge is 2.08. The number of benzene rings is 1. The molecule has 1 aromatic heterocycles.